The number of nitrogens with one attached hydrogen (secondary N) is 3. The number of benzene rings is 1. The molecule has 1 amide bonds. The Labute approximate surface area is 195 Å². The van der Waals surface area contributed by atoms with Crippen LogP contribution in [0.3, 0.4) is 0 Å². The lowest BCUT2D eigenvalue weighted by Crippen LogP contribution is -2.31. The Kier molecular flexibility index (Phi) is 12.8. The lowest BCUT2D eigenvalue weighted by atomic mass is 10.1. The number of hydrogen-bond donors (Lipinski definition) is 7. The smallest absolute Gasteiger partial charge is 0.224 e. The van der Waals surface area contributed by atoms with Crippen molar-refractivity contribution < 1.29 is 20.3 Å². The summed E-state index contributed by atoms with van der Waals surface area (Å²) in [6, 6.07) is 5.21. The highest BCUT2D eigenvalue weighted by atomic mass is 16.5. The molecule has 0 bridgehead atoms. The van der Waals surface area contributed by atoms with Crippen molar-refractivity contribution in [3.05, 3.63) is 30.0 Å². The van der Waals surface area contributed by atoms with Crippen LogP contribution in [0.2, 0.25) is 0 Å². The van der Waals surface area contributed by atoms with Gasteiger partial charge in [0.15, 0.2) is 0 Å². The average molecular weight is 465 g/mol. The van der Waals surface area contributed by atoms with Crippen molar-refractivity contribution in [1.82, 2.24) is 25.7 Å². The topological polar surface area (TPSA) is 150 Å². The van der Waals surface area contributed by atoms with Gasteiger partial charge in [0.05, 0.1) is 6.42 Å². The number of nitrogens with zero attached hydrogens (tertiary/aromatic N) is 2. The molecular weight excluding hydrogens is 424 g/mol. The van der Waals surface area contributed by atoms with Gasteiger partial charge in [-0.2, -0.15) is 10.1 Å². The Hall–Kier alpha value is -2.21. The van der Waals surface area contributed by atoms with Gasteiger partial charge in [0.1, 0.15) is 5.75 Å². The fourth-order valence-electron chi connectivity index (χ4n) is 3.65. The number of aromatic amines is 1. The third kappa shape index (κ3) is 10.5. The fourth-order valence-corrected chi connectivity index (χ4v) is 3.65. The Balaban J connectivity index is 1.49. The van der Waals surface area contributed by atoms with Crippen LogP contribution in [0.25, 0.3) is 10.9 Å². The summed E-state index contributed by atoms with van der Waals surface area (Å²) < 4.78 is 0. The number of phenolic OH excluding ortho intramolecular Hbond substituents is 1. The van der Waals surface area contributed by atoms with Crippen molar-refractivity contribution in [2.75, 3.05) is 52.4 Å². The van der Waals surface area contributed by atoms with Crippen LogP contribution in [-0.4, -0.2) is 88.9 Å². The molecule has 10 nitrogen and oxygen atoms in total. The van der Waals surface area contributed by atoms with E-state index in [0.717, 1.165) is 43.4 Å². The van der Waals surface area contributed by atoms with E-state index in [4.69, 9.17) is 5.73 Å². The predicted molar refractivity (Wildman–Crippen MR) is 128 cm³/mol. The zero-order valence-electron chi connectivity index (χ0n) is 19.4. The maximum atomic E-state index is 12.2. The number of fused-ring (bicyclic) bond motifs is 1. The van der Waals surface area contributed by atoms with E-state index in [1.807, 2.05) is 6.07 Å². The molecular formula is C23H40N6O4. The highest BCUT2D eigenvalue weighted by molar-refractivity contribution is 5.92. The second kappa shape index (κ2) is 15.6. The SMILES string of the molecule is NCCCNCCCCN(O)CCCN(O)CCCNC(=O)Cc1c[nH]c2cccc(O)c12. The van der Waals surface area contributed by atoms with Gasteiger partial charge < -0.3 is 36.9 Å². The number of nitrogens with two attached hydrogens (primary N) is 1. The molecule has 0 fully saturated rings. The van der Waals surface area contributed by atoms with Crippen molar-refractivity contribution in [3.63, 3.8) is 0 Å². The maximum absolute atomic E-state index is 12.2. The van der Waals surface area contributed by atoms with Gasteiger partial charge in [-0.15, -0.1) is 0 Å². The summed E-state index contributed by atoms with van der Waals surface area (Å²) in [5, 5.41) is 39.2. The molecule has 1 aromatic heterocycles. The van der Waals surface area contributed by atoms with Crippen molar-refractivity contribution in [3.8, 4) is 5.75 Å². The molecule has 8 N–H and O–H groups in total. The monoisotopic (exact) mass is 464 g/mol. The highest BCUT2D eigenvalue weighted by Crippen LogP contribution is 2.27. The third-order valence-corrected chi connectivity index (χ3v) is 5.44. The Bertz CT molecular complexity index is 815. The Morgan fingerprint density at radius 3 is 2.39 bits per heavy atom. The molecule has 1 aromatic carbocycles. The van der Waals surface area contributed by atoms with Gasteiger partial charge in [0.2, 0.25) is 5.91 Å². The minimum absolute atomic E-state index is 0.130. The number of rotatable bonds is 18. The molecule has 33 heavy (non-hydrogen) atoms. The number of unbranched alkanes of at least 4 members (excludes halogenated alkanes) is 1. The van der Waals surface area contributed by atoms with Crippen LogP contribution >= 0.6 is 0 Å². The summed E-state index contributed by atoms with van der Waals surface area (Å²) in [4.78, 5) is 15.3. The van der Waals surface area contributed by atoms with Crippen LogP contribution in [0.5, 0.6) is 5.75 Å². The first-order valence-electron chi connectivity index (χ1n) is 11.8. The molecule has 1 heterocycles. The van der Waals surface area contributed by atoms with Gasteiger partial charge in [0.25, 0.3) is 0 Å². The van der Waals surface area contributed by atoms with E-state index in [1.165, 1.54) is 10.1 Å². The molecule has 0 aliphatic heterocycles. The van der Waals surface area contributed by atoms with Crippen LogP contribution in [0.1, 0.15) is 37.7 Å². The zero-order chi connectivity index (χ0) is 23.9. The zero-order valence-corrected chi connectivity index (χ0v) is 19.4. The van der Waals surface area contributed by atoms with Crippen LogP contribution in [0.4, 0.5) is 0 Å². The summed E-state index contributed by atoms with van der Waals surface area (Å²) in [6.07, 6.45) is 6.07. The molecule has 2 aromatic rings. The molecule has 186 valence electrons. The first-order chi connectivity index (χ1) is 16.0. The highest BCUT2D eigenvalue weighted by Gasteiger charge is 2.11. The van der Waals surface area contributed by atoms with Crippen molar-refractivity contribution in [2.45, 2.75) is 38.5 Å². The van der Waals surface area contributed by atoms with Crippen LogP contribution in [-0.2, 0) is 11.2 Å². The average Bonchev–Trinajstić information content (AvgIpc) is 3.20. The Morgan fingerprint density at radius 1 is 0.939 bits per heavy atom. The van der Waals surface area contributed by atoms with Gasteiger partial charge in [-0.3, -0.25) is 4.79 Å². The number of carbonyl (C=O) groups excluding carboxylic acids is 1. The van der Waals surface area contributed by atoms with Gasteiger partial charge in [0, 0.05) is 49.8 Å². The van der Waals surface area contributed by atoms with E-state index in [1.54, 1.807) is 18.3 Å². The number of amides is 1. The van der Waals surface area contributed by atoms with E-state index in [0.29, 0.717) is 57.5 Å². The first kappa shape index (κ1) is 27.0. The van der Waals surface area contributed by atoms with E-state index < -0.39 is 0 Å². The number of aromatic hydroxyl groups is 1. The molecule has 0 aliphatic rings. The number of hydroxylamine groups is 4. The summed E-state index contributed by atoms with van der Waals surface area (Å²) in [7, 11) is 0. The first-order valence-corrected chi connectivity index (χ1v) is 11.8. The molecule has 0 atom stereocenters. The normalized spacial score (nSPS) is 11.7. The van der Waals surface area contributed by atoms with E-state index in [9.17, 15) is 20.3 Å². The molecule has 10 heteroatoms. The Morgan fingerprint density at radius 2 is 1.64 bits per heavy atom. The van der Waals surface area contributed by atoms with Crippen LogP contribution < -0.4 is 16.4 Å². The quantitative estimate of drug-likeness (QED) is 0.129. The minimum atomic E-state index is -0.130. The number of phenols is 1. The van der Waals surface area contributed by atoms with Crippen LogP contribution in [0, 0.1) is 0 Å². The second-order valence-corrected chi connectivity index (χ2v) is 8.25. The summed E-state index contributed by atoms with van der Waals surface area (Å²) in [5.41, 5.74) is 6.99. The summed E-state index contributed by atoms with van der Waals surface area (Å²) >= 11 is 0. The standard InChI is InChI=1S/C23H40N6O4/c24-9-4-11-25-10-1-2-13-28(32)15-6-16-29(33)14-5-12-26-22(31)17-19-18-27-20-7-3-8-21(30)23(19)20/h3,7-8,18,25,27,30,32-33H,1-2,4-6,9-17,24H2,(H,26,31). The molecule has 0 saturated carbocycles. The molecule has 2 rings (SSSR count). The lowest BCUT2D eigenvalue weighted by Gasteiger charge is -2.18. The largest absolute Gasteiger partial charge is 0.507 e. The van der Waals surface area contributed by atoms with E-state index >= 15 is 0 Å². The number of H-pyrrole nitrogens is 1. The summed E-state index contributed by atoms with van der Waals surface area (Å²) in [5.74, 6) is 0.0263. The van der Waals surface area contributed by atoms with Gasteiger partial charge in [-0.25, -0.2) is 0 Å². The van der Waals surface area contributed by atoms with Crippen molar-refractivity contribution in [1.29, 1.82) is 0 Å². The second-order valence-electron chi connectivity index (χ2n) is 8.25. The lowest BCUT2D eigenvalue weighted by molar-refractivity contribution is -0.121. The predicted octanol–water partition coefficient (Wildman–Crippen LogP) is 1.41. The minimum Gasteiger partial charge on any atom is -0.507 e. The molecule has 0 saturated heterocycles. The number of aromatic nitrogens is 1. The van der Waals surface area contributed by atoms with E-state index in [-0.39, 0.29) is 18.1 Å². The van der Waals surface area contributed by atoms with Gasteiger partial charge in [-0.05, 0) is 69.4 Å². The molecule has 0 aliphatic carbocycles. The molecule has 0 spiro atoms. The van der Waals surface area contributed by atoms with Gasteiger partial charge in [-0.1, -0.05) is 6.07 Å². The van der Waals surface area contributed by atoms with E-state index in [2.05, 4.69) is 15.6 Å². The molecule has 0 radical (unpaired) electrons. The van der Waals surface area contributed by atoms with Crippen molar-refractivity contribution in [2.24, 2.45) is 5.73 Å². The number of hydrogen-bond acceptors (Lipinski definition) is 8. The maximum Gasteiger partial charge on any atom is 0.224 e. The summed E-state index contributed by atoms with van der Waals surface area (Å²) in [6.45, 7) is 5.04. The van der Waals surface area contributed by atoms with Crippen molar-refractivity contribution >= 4 is 16.8 Å². The number of carbonyl (C=O) groups is 1. The van der Waals surface area contributed by atoms with Gasteiger partial charge >= 0.3 is 0 Å². The molecule has 0 unspecified atom stereocenters. The fraction of sp³-hybridized carbons (Fsp3) is 0.609. The third-order valence-electron chi connectivity index (χ3n) is 5.44. The van der Waals surface area contributed by atoms with Crippen LogP contribution in [0.15, 0.2) is 24.4 Å².